The molecule has 1 aliphatic rings. The molecule has 2 aromatic heterocycles. The molecule has 1 N–H and O–H groups in total. The summed E-state index contributed by atoms with van der Waals surface area (Å²) in [5.74, 6) is -0.235. The quantitative estimate of drug-likeness (QED) is 0.653. The lowest BCUT2D eigenvalue weighted by atomic mass is 10.0. The van der Waals surface area contributed by atoms with Gasteiger partial charge in [0.15, 0.2) is 5.11 Å². The number of ether oxygens (including phenoxy) is 1. The Bertz CT molecular complexity index is 732. The van der Waals surface area contributed by atoms with Gasteiger partial charge in [-0.15, -0.1) is 11.3 Å². The molecule has 1 saturated heterocycles. The number of nitrogens with one attached hydrogen (secondary N) is 1. The van der Waals surface area contributed by atoms with E-state index in [1.54, 1.807) is 17.5 Å². The molecular formula is C17H19N3O2S2. The van der Waals surface area contributed by atoms with Gasteiger partial charge in [-0.3, -0.25) is 9.78 Å². The fraction of sp³-hybridized carbons (Fsp3) is 0.353. The van der Waals surface area contributed by atoms with Crippen LogP contribution in [-0.2, 0) is 9.53 Å². The van der Waals surface area contributed by atoms with Gasteiger partial charge in [-0.25, -0.2) is 0 Å². The predicted molar refractivity (Wildman–Crippen MR) is 97.8 cm³/mol. The summed E-state index contributed by atoms with van der Waals surface area (Å²) >= 11 is 7.25. The minimum atomic E-state index is -0.235. The number of aromatic nitrogens is 1. The Labute approximate surface area is 150 Å². The summed E-state index contributed by atoms with van der Waals surface area (Å²) in [4.78, 5) is 19.4. The van der Waals surface area contributed by atoms with E-state index in [-0.39, 0.29) is 18.1 Å². The van der Waals surface area contributed by atoms with Crippen molar-refractivity contribution in [2.45, 2.75) is 25.4 Å². The smallest absolute Gasteiger partial charge is 0.307 e. The van der Waals surface area contributed by atoms with Crippen molar-refractivity contribution in [3.63, 3.8) is 0 Å². The van der Waals surface area contributed by atoms with Gasteiger partial charge < -0.3 is 15.0 Å². The van der Waals surface area contributed by atoms with Crippen molar-refractivity contribution < 1.29 is 9.53 Å². The Morgan fingerprint density at radius 2 is 2.29 bits per heavy atom. The van der Waals surface area contributed by atoms with Crippen LogP contribution in [0.4, 0.5) is 0 Å². The molecule has 0 saturated carbocycles. The topological polar surface area (TPSA) is 54.5 Å². The van der Waals surface area contributed by atoms with Crippen molar-refractivity contribution in [3.05, 3.63) is 52.0 Å². The maximum absolute atomic E-state index is 11.6. The molecule has 0 spiro atoms. The normalized spacial score (nSPS) is 20.1. The number of esters is 1. The van der Waals surface area contributed by atoms with Crippen LogP contribution < -0.4 is 5.32 Å². The zero-order chi connectivity index (χ0) is 17.1. The Hall–Kier alpha value is -1.99. The zero-order valence-corrected chi connectivity index (χ0v) is 15.2. The standard InChI is InChI=1S/C17H19N3O2S2/c1-11-7-10-24-16(11)15-14(12-5-3-4-8-18-12)19-17(23)20(15)9-6-13(21)22-2/h3-5,7-8,10,14-15H,6,9H2,1-2H3,(H,19,23)/t14-,15+/m0/s1. The number of hydrogen-bond donors (Lipinski definition) is 1. The molecule has 3 rings (SSSR count). The van der Waals surface area contributed by atoms with Crippen molar-refractivity contribution in [2.24, 2.45) is 0 Å². The molecule has 3 heterocycles. The van der Waals surface area contributed by atoms with E-state index in [1.165, 1.54) is 17.6 Å². The highest BCUT2D eigenvalue weighted by Gasteiger charge is 2.40. The van der Waals surface area contributed by atoms with Crippen LogP contribution in [0.1, 0.15) is 34.6 Å². The van der Waals surface area contributed by atoms with E-state index in [4.69, 9.17) is 17.0 Å². The third-order valence-electron chi connectivity index (χ3n) is 4.15. The van der Waals surface area contributed by atoms with Crippen molar-refractivity contribution in [1.29, 1.82) is 0 Å². The van der Waals surface area contributed by atoms with E-state index >= 15 is 0 Å². The van der Waals surface area contributed by atoms with E-state index in [1.807, 2.05) is 18.2 Å². The van der Waals surface area contributed by atoms with E-state index in [0.717, 1.165) is 5.69 Å². The number of thiophene rings is 1. The lowest BCUT2D eigenvalue weighted by Crippen LogP contribution is -2.31. The number of hydrogen-bond acceptors (Lipinski definition) is 5. The van der Waals surface area contributed by atoms with Crippen LogP contribution in [0.3, 0.4) is 0 Å². The van der Waals surface area contributed by atoms with Gasteiger partial charge >= 0.3 is 5.97 Å². The fourth-order valence-corrected chi connectivity index (χ4v) is 4.34. The Balaban J connectivity index is 1.94. The van der Waals surface area contributed by atoms with Gasteiger partial charge in [-0.2, -0.15) is 0 Å². The number of carbonyl (C=O) groups is 1. The molecule has 1 aliphatic heterocycles. The SMILES string of the molecule is COC(=O)CCN1C(=S)N[C@@H](c2ccccn2)[C@@H]1c1sccc1C. The molecule has 2 aromatic rings. The summed E-state index contributed by atoms with van der Waals surface area (Å²) in [7, 11) is 1.40. The average molecular weight is 361 g/mol. The highest BCUT2D eigenvalue weighted by Crippen LogP contribution is 2.41. The summed E-state index contributed by atoms with van der Waals surface area (Å²) in [6, 6.07) is 7.97. The van der Waals surface area contributed by atoms with Crippen molar-refractivity contribution in [1.82, 2.24) is 15.2 Å². The number of methoxy groups -OCH3 is 1. The van der Waals surface area contributed by atoms with Crippen LogP contribution in [0.15, 0.2) is 35.8 Å². The molecule has 2 atom stereocenters. The van der Waals surface area contributed by atoms with Crippen LogP contribution >= 0.6 is 23.6 Å². The zero-order valence-electron chi connectivity index (χ0n) is 13.6. The molecule has 0 unspecified atom stereocenters. The Morgan fingerprint density at radius 3 is 2.92 bits per heavy atom. The third kappa shape index (κ3) is 3.27. The molecule has 5 nitrogen and oxygen atoms in total. The van der Waals surface area contributed by atoms with Crippen LogP contribution in [0.25, 0.3) is 0 Å². The van der Waals surface area contributed by atoms with Crippen LogP contribution in [0.5, 0.6) is 0 Å². The molecule has 126 valence electrons. The van der Waals surface area contributed by atoms with Gasteiger partial charge in [-0.1, -0.05) is 6.07 Å². The number of carbonyl (C=O) groups excluding carboxylic acids is 1. The Morgan fingerprint density at radius 1 is 1.46 bits per heavy atom. The first kappa shape index (κ1) is 16.9. The molecule has 0 aliphatic carbocycles. The number of pyridine rings is 1. The second-order valence-electron chi connectivity index (χ2n) is 5.61. The van der Waals surface area contributed by atoms with Gasteiger partial charge in [0.05, 0.1) is 31.3 Å². The first-order valence-electron chi connectivity index (χ1n) is 7.70. The third-order valence-corrected chi connectivity index (χ3v) is 5.59. The number of thiocarbonyl (C=S) groups is 1. The minimum absolute atomic E-state index is 0.0251. The van der Waals surface area contributed by atoms with E-state index in [2.05, 4.69) is 33.6 Å². The lowest BCUT2D eigenvalue weighted by molar-refractivity contribution is -0.140. The van der Waals surface area contributed by atoms with Gasteiger partial charge in [0.25, 0.3) is 0 Å². The average Bonchev–Trinajstić information content (AvgIpc) is 3.16. The van der Waals surface area contributed by atoms with E-state index in [0.29, 0.717) is 18.1 Å². The van der Waals surface area contributed by atoms with Gasteiger partial charge in [-0.05, 0) is 48.3 Å². The molecule has 0 aromatic carbocycles. The first-order chi connectivity index (χ1) is 11.6. The summed E-state index contributed by atoms with van der Waals surface area (Å²) < 4.78 is 4.77. The van der Waals surface area contributed by atoms with Crippen molar-refractivity contribution >= 4 is 34.6 Å². The molecule has 1 fully saturated rings. The van der Waals surface area contributed by atoms with Crippen LogP contribution in [0, 0.1) is 6.92 Å². The number of rotatable bonds is 5. The van der Waals surface area contributed by atoms with Crippen LogP contribution in [-0.4, -0.2) is 34.6 Å². The molecular weight excluding hydrogens is 342 g/mol. The second kappa shape index (κ2) is 7.27. The van der Waals surface area contributed by atoms with E-state index < -0.39 is 0 Å². The highest BCUT2D eigenvalue weighted by atomic mass is 32.1. The van der Waals surface area contributed by atoms with Crippen LogP contribution in [0.2, 0.25) is 0 Å². The summed E-state index contributed by atoms with van der Waals surface area (Å²) in [6.07, 6.45) is 2.09. The molecule has 0 radical (unpaired) electrons. The molecule has 0 amide bonds. The van der Waals surface area contributed by atoms with Crippen molar-refractivity contribution in [2.75, 3.05) is 13.7 Å². The maximum Gasteiger partial charge on any atom is 0.307 e. The maximum atomic E-state index is 11.6. The first-order valence-corrected chi connectivity index (χ1v) is 8.99. The van der Waals surface area contributed by atoms with Gasteiger partial charge in [0.1, 0.15) is 0 Å². The Kier molecular flexibility index (Phi) is 5.11. The van der Waals surface area contributed by atoms with Gasteiger partial charge in [0.2, 0.25) is 0 Å². The van der Waals surface area contributed by atoms with Gasteiger partial charge in [0, 0.05) is 17.6 Å². The number of nitrogens with zero attached hydrogens (tertiary/aromatic N) is 2. The van der Waals surface area contributed by atoms with E-state index in [9.17, 15) is 4.79 Å². The molecule has 7 heteroatoms. The summed E-state index contributed by atoms with van der Waals surface area (Å²) in [5, 5.41) is 6.11. The predicted octanol–water partition coefficient (Wildman–Crippen LogP) is 2.99. The largest absolute Gasteiger partial charge is 0.469 e. The lowest BCUT2D eigenvalue weighted by Gasteiger charge is -2.27. The monoisotopic (exact) mass is 361 g/mol. The number of aryl methyl sites for hydroxylation is 1. The van der Waals surface area contributed by atoms with Crippen molar-refractivity contribution in [3.8, 4) is 0 Å². The second-order valence-corrected chi connectivity index (χ2v) is 6.95. The highest BCUT2D eigenvalue weighted by molar-refractivity contribution is 7.80. The minimum Gasteiger partial charge on any atom is -0.469 e. The fourth-order valence-electron chi connectivity index (χ4n) is 2.93. The summed E-state index contributed by atoms with van der Waals surface area (Å²) in [6.45, 7) is 2.62. The molecule has 0 bridgehead atoms. The molecule has 24 heavy (non-hydrogen) atoms. The summed E-state index contributed by atoms with van der Waals surface area (Å²) in [5.41, 5.74) is 2.17.